The van der Waals surface area contributed by atoms with Gasteiger partial charge in [-0.05, 0) is 11.4 Å². The lowest BCUT2D eigenvalue weighted by molar-refractivity contribution is -0.142. The van der Waals surface area contributed by atoms with Gasteiger partial charge in [0.25, 0.3) is 0 Å². The number of thiophene rings is 1. The molecule has 0 unspecified atom stereocenters. The van der Waals surface area contributed by atoms with E-state index in [0.717, 1.165) is 0 Å². The summed E-state index contributed by atoms with van der Waals surface area (Å²) < 4.78 is 4.28. The van der Waals surface area contributed by atoms with Gasteiger partial charge in [-0.1, -0.05) is 6.07 Å². The zero-order valence-corrected chi connectivity index (χ0v) is 8.30. The van der Waals surface area contributed by atoms with Crippen molar-refractivity contribution in [3.05, 3.63) is 22.4 Å². The van der Waals surface area contributed by atoms with E-state index in [1.165, 1.54) is 18.4 Å². The van der Waals surface area contributed by atoms with Gasteiger partial charge in [0.2, 0.25) is 11.6 Å². The summed E-state index contributed by atoms with van der Waals surface area (Å²) in [4.78, 5) is 33.5. The van der Waals surface area contributed by atoms with Gasteiger partial charge in [0.05, 0.1) is 12.0 Å². The number of carbonyl (C=O) groups is 3. The van der Waals surface area contributed by atoms with Crippen molar-refractivity contribution in [1.29, 1.82) is 0 Å². The van der Waals surface area contributed by atoms with E-state index in [0.29, 0.717) is 4.88 Å². The molecule has 0 atom stereocenters. The number of Topliss-reactive ketones (excluding diaryl/α,β-unsaturated/α-hetero) is 2. The topological polar surface area (TPSA) is 60.4 Å². The first kappa shape index (κ1) is 10.6. The number of carbonyl (C=O) groups excluding carboxylic acids is 3. The average molecular weight is 212 g/mol. The minimum absolute atomic E-state index is 0.346. The fourth-order valence-electron chi connectivity index (χ4n) is 0.829. The third-order valence-corrected chi connectivity index (χ3v) is 2.40. The Morgan fingerprint density at radius 2 is 2.14 bits per heavy atom. The molecule has 0 aliphatic rings. The van der Waals surface area contributed by atoms with Gasteiger partial charge in [0.1, 0.15) is 6.42 Å². The second-order valence-electron chi connectivity index (χ2n) is 2.48. The Kier molecular flexibility index (Phi) is 3.53. The second-order valence-corrected chi connectivity index (χ2v) is 3.43. The minimum atomic E-state index is -0.737. The molecule has 1 rings (SSSR count). The van der Waals surface area contributed by atoms with Gasteiger partial charge in [-0.25, -0.2) is 0 Å². The van der Waals surface area contributed by atoms with Gasteiger partial charge in [-0.3, -0.25) is 14.4 Å². The number of hydrogen-bond acceptors (Lipinski definition) is 5. The first-order chi connectivity index (χ1) is 6.65. The van der Waals surface area contributed by atoms with Crippen molar-refractivity contribution in [3.8, 4) is 0 Å². The lowest BCUT2D eigenvalue weighted by atomic mass is 10.2. The molecule has 74 valence electrons. The summed E-state index contributed by atoms with van der Waals surface area (Å²) in [6, 6.07) is 3.21. The lowest BCUT2D eigenvalue weighted by Crippen LogP contribution is -2.17. The van der Waals surface area contributed by atoms with Crippen LogP contribution in [0, 0.1) is 0 Å². The van der Waals surface area contributed by atoms with Crippen LogP contribution in [0.1, 0.15) is 16.1 Å². The highest BCUT2D eigenvalue weighted by Crippen LogP contribution is 2.10. The fraction of sp³-hybridized carbons (Fsp3) is 0.222. The molecular formula is C9H8O4S. The molecule has 0 aliphatic carbocycles. The summed E-state index contributed by atoms with van der Waals surface area (Å²) in [7, 11) is 1.17. The highest BCUT2D eigenvalue weighted by atomic mass is 32.1. The molecule has 0 spiro atoms. The molecule has 4 nitrogen and oxygen atoms in total. The first-order valence-corrected chi connectivity index (χ1v) is 4.71. The number of hydrogen-bond donors (Lipinski definition) is 0. The molecule has 0 bridgehead atoms. The van der Waals surface area contributed by atoms with E-state index in [1.54, 1.807) is 17.5 Å². The van der Waals surface area contributed by atoms with Crippen LogP contribution in [0.15, 0.2) is 17.5 Å². The Hall–Kier alpha value is -1.49. The largest absolute Gasteiger partial charge is 0.469 e. The zero-order chi connectivity index (χ0) is 10.6. The molecule has 1 aromatic rings. The molecule has 14 heavy (non-hydrogen) atoms. The smallest absolute Gasteiger partial charge is 0.313 e. The molecule has 0 saturated carbocycles. The maximum Gasteiger partial charge on any atom is 0.313 e. The maximum atomic E-state index is 11.3. The van der Waals surface area contributed by atoms with Crippen molar-refractivity contribution >= 4 is 28.9 Å². The molecule has 5 heteroatoms. The van der Waals surface area contributed by atoms with Crippen LogP contribution in [-0.4, -0.2) is 24.6 Å². The zero-order valence-electron chi connectivity index (χ0n) is 7.48. The van der Waals surface area contributed by atoms with Gasteiger partial charge < -0.3 is 4.74 Å². The van der Waals surface area contributed by atoms with Crippen molar-refractivity contribution in [2.24, 2.45) is 0 Å². The summed E-state index contributed by atoms with van der Waals surface area (Å²) in [5.74, 6) is -2.07. The van der Waals surface area contributed by atoms with E-state index < -0.39 is 24.0 Å². The summed E-state index contributed by atoms with van der Waals surface area (Å²) in [6.07, 6.45) is -0.493. The quantitative estimate of drug-likeness (QED) is 0.324. The number of esters is 1. The van der Waals surface area contributed by atoms with Crippen molar-refractivity contribution in [2.45, 2.75) is 6.42 Å². The molecule has 1 heterocycles. The van der Waals surface area contributed by atoms with E-state index in [4.69, 9.17) is 0 Å². The molecule has 0 aromatic carbocycles. The second kappa shape index (κ2) is 4.66. The summed E-state index contributed by atoms with van der Waals surface area (Å²) >= 11 is 1.17. The first-order valence-electron chi connectivity index (χ1n) is 3.83. The van der Waals surface area contributed by atoms with Crippen LogP contribution >= 0.6 is 11.3 Å². The van der Waals surface area contributed by atoms with Crippen LogP contribution in [0.25, 0.3) is 0 Å². The van der Waals surface area contributed by atoms with Crippen LogP contribution in [0.3, 0.4) is 0 Å². The van der Waals surface area contributed by atoms with Crippen LogP contribution in [0.5, 0.6) is 0 Å². The van der Waals surface area contributed by atoms with E-state index in [-0.39, 0.29) is 0 Å². The van der Waals surface area contributed by atoms with Gasteiger partial charge in [-0.15, -0.1) is 11.3 Å². The SMILES string of the molecule is COC(=O)CC(=O)C(=O)c1cccs1. The van der Waals surface area contributed by atoms with Gasteiger partial charge >= 0.3 is 5.97 Å². The van der Waals surface area contributed by atoms with E-state index in [1.807, 2.05) is 0 Å². The Morgan fingerprint density at radius 3 is 2.64 bits per heavy atom. The monoisotopic (exact) mass is 212 g/mol. The molecule has 0 saturated heterocycles. The molecule has 0 N–H and O–H groups in total. The van der Waals surface area contributed by atoms with Crippen LogP contribution in [-0.2, 0) is 14.3 Å². The van der Waals surface area contributed by atoms with Gasteiger partial charge in [-0.2, -0.15) is 0 Å². The summed E-state index contributed by atoms with van der Waals surface area (Å²) in [5.41, 5.74) is 0. The van der Waals surface area contributed by atoms with Crippen molar-refractivity contribution in [3.63, 3.8) is 0 Å². The van der Waals surface area contributed by atoms with Crippen LogP contribution in [0.4, 0.5) is 0 Å². The standard InChI is InChI=1S/C9H8O4S/c1-13-8(11)5-6(10)9(12)7-3-2-4-14-7/h2-4H,5H2,1H3. The van der Waals surface area contributed by atoms with E-state index in [2.05, 4.69) is 4.74 Å². The summed E-state index contributed by atoms with van der Waals surface area (Å²) in [6.45, 7) is 0. The predicted octanol–water partition coefficient (Wildman–Crippen LogP) is 1.06. The number of ketones is 2. The average Bonchev–Trinajstić information content (AvgIpc) is 2.69. The van der Waals surface area contributed by atoms with Crippen molar-refractivity contribution in [2.75, 3.05) is 7.11 Å². The minimum Gasteiger partial charge on any atom is -0.469 e. The Bertz CT molecular complexity index is 353. The van der Waals surface area contributed by atoms with E-state index >= 15 is 0 Å². The Morgan fingerprint density at radius 1 is 1.43 bits per heavy atom. The van der Waals surface area contributed by atoms with E-state index in [9.17, 15) is 14.4 Å². The normalized spacial score (nSPS) is 9.50. The fourth-order valence-corrected chi connectivity index (χ4v) is 1.51. The molecule has 0 fully saturated rings. The van der Waals surface area contributed by atoms with Gasteiger partial charge in [0.15, 0.2) is 0 Å². The van der Waals surface area contributed by atoms with Crippen LogP contribution in [0.2, 0.25) is 0 Å². The van der Waals surface area contributed by atoms with Gasteiger partial charge in [0, 0.05) is 0 Å². The van der Waals surface area contributed by atoms with Crippen molar-refractivity contribution < 1.29 is 19.1 Å². The predicted molar refractivity (Wildman–Crippen MR) is 50.3 cm³/mol. The van der Waals surface area contributed by atoms with Crippen molar-refractivity contribution in [1.82, 2.24) is 0 Å². The van der Waals surface area contributed by atoms with Crippen LogP contribution < -0.4 is 0 Å². The maximum absolute atomic E-state index is 11.3. The molecule has 0 amide bonds. The summed E-state index contributed by atoms with van der Waals surface area (Å²) in [5, 5.41) is 1.69. The highest BCUT2D eigenvalue weighted by Gasteiger charge is 2.20. The molecule has 0 radical (unpaired) electrons. The lowest BCUT2D eigenvalue weighted by Gasteiger charge is -1.96. The number of rotatable bonds is 4. The third-order valence-electron chi connectivity index (χ3n) is 1.53. The molecule has 0 aliphatic heterocycles. The number of ether oxygens (including phenoxy) is 1. The Balaban J connectivity index is 2.63. The highest BCUT2D eigenvalue weighted by molar-refractivity contribution is 7.13. The molecular weight excluding hydrogens is 204 g/mol. The number of methoxy groups -OCH3 is 1. The Labute approximate surface area is 84.5 Å². The molecule has 1 aromatic heterocycles. The third kappa shape index (κ3) is 2.50.